The molecular formula is C23H30N2O3. The number of fused-ring (bicyclic) bond motifs is 1. The molecule has 1 N–H and O–H groups in total. The first kappa shape index (κ1) is 20.2. The SMILES string of the molecule is COc1ccccc1C(=O)N1c2cc(CN(C)C)c(O)cc2[C@H](C)CC1(C)C. The van der Waals surface area contributed by atoms with Gasteiger partial charge < -0.3 is 19.6 Å². The van der Waals surface area contributed by atoms with Gasteiger partial charge in [-0.05, 0) is 70.1 Å². The van der Waals surface area contributed by atoms with Crippen molar-refractivity contribution in [3.05, 3.63) is 53.1 Å². The number of phenolic OH excluding ortho intramolecular Hbond substituents is 1. The molecule has 150 valence electrons. The van der Waals surface area contributed by atoms with Crippen LogP contribution in [0.25, 0.3) is 0 Å². The van der Waals surface area contributed by atoms with E-state index in [-0.39, 0.29) is 23.1 Å². The third-order valence-corrected chi connectivity index (χ3v) is 5.44. The van der Waals surface area contributed by atoms with Crippen molar-refractivity contribution < 1.29 is 14.6 Å². The van der Waals surface area contributed by atoms with Crippen molar-refractivity contribution in [2.45, 2.75) is 45.2 Å². The van der Waals surface area contributed by atoms with Gasteiger partial charge in [-0.15, -0.1) is 0 Å². The van der Waals surface area contributed by atoms with E-state index in [4.69, 9.17) is 4.74 Å². The Balaban J connectivity index is 2.18. The smallest absolute Gasteiger partial charge is 0.262 e. The summed E-state index contributed by atoms with van der Waals surface area (Å²) in [5.41, 5.74) is 2.86. The number of hydrogen-bond acceptors (Lipinski definition) is 4. The van der Waals surface area contributed by atoms with Gasteiger partial charge >= 0.3 is 0 Å². The van der Waals surface area contributed by atoms with Gasteiger partial charge in [-0.3, -0.25) is 4.79 Å². The summed E-state index contributed by atoms with van der Waals surface area (Å²) < 4.78 is 5.44. The predicted molar refractivity (Wildman–Crippen MR) is 112 cm³/mol. The number of para-hydroxylation sites is 1. The van der Waals surface area contributed by atoms with E-state index in [0.29, 0.717) is 17.9 Å². The number of benzene rings is 2. The van der Waals surface area contributed by atoms with E-state index in [2.05, 4.69) is 20.8 Å². The molecule has 2 aromatic carbocycles. The number of aromatic hydroxyl groups is 1. The van der Waals surface area contributed by atoms with Gasteiger partial charge in [0, 0.05) is 23.3 Å². The summed E-state index contributed by atoms with van der Waals surface area (Å²) in [6, 6.07) is 11.1. The normalized spacial score (nSPS) is 18.1. The molecule has 1 amide bonds. The fraction of sp³-hybridized carbons (Fsp3) is 0.435. The number of anilines is 1. The number of methoxy groups -OCH3 is 1. The highest BCUT2D eigenvalue weighted by Gasteiger charge is 2.41. The van der Waals surface area contributed by atoms with Gasteiger partial charge in [0.05, 0.1) is 12.7 Å². The predicted octanol–water partition coefficient (Wildman–Crippen LogP) is 4.40. The summed E-state index contributed by atoms with van der Waals surface area (Å²) in [6.45, 7) is 6.94. The zero-order chi connectivity index (χ0) is 20.6. The first-order valence-corrected chi connectivity index (χ1v) is 9.64. The van der Waals surface area contributed by atoms with E-state index in [1.165, 1.54) is 0 Å². The van der Waals surface area contributed by atoms with Crippen LogP contribution in [0.1, 0.15) is 54.6 Å². The van der Waals surface area contributed by atoms with E-state index in [1.54, 1.807) is 13.2 Å². The summed E-state index contributed by atoms with van der Waals surface area (Å²) in [4.78, 5) is 17.5. The highest BCUT2D eigenvalue weighted by atomic mass is 16.5. The Labute approximate surface area is 167 Å². The Morgan fingerprint density at radius 1 is 1.29 bits per heavy atom. The molecule has 0 saturated carbocycles. The molecule has 5 heteroatoms. The highest BCUT2D eigenvalue weighted by Crippen LogP contribution is 2.46. The molecule has 3 rings (SSSR count). The van der Waals surface area contributed by atoms with Crippen molar-refractivity contribution in [2.75, 3.05) is 26.1 Å². The molecule has 0 saturated heterocycles. The summed E-state index contributed by atoms with van der Waals surface area (Å²) >= 11 is 0. The minimum Gasteiger partial charge on any atom is -0.508 e. The Morgan fingerprint density at radius 3 is 2.61 bits per heavy atom. The average Bonchev–Trinajstić information content (AvgIpc) is 2.62. The molecule has 0 unspecified atom stereocenters. The lowest BCUT2D eigenvalue weighted by Gasteiger charge is -2.46. The minimum absolute atomic E-state index is 0.0860. The van der Waals surface area contributed by atoms with Crippen LogP contribution in [0.2, 0.25) is 0 Å². The zero-order valence-corrected chi connectivity index (χ0v) is 17.6. The van der Waals surface area contributed by atoms with E-state index in [0.717, 1.165) is 23.2 Å². The number of phenols is 1. The standard InChI is InChI=1S/C23H30N2O3/c1-15-13-23(2,3)25(22(27)17-9-7-8-10-21(17)28-6)19-11-16(14-24(4)5)20(26)12-18(15)19/h7-12,15,26H,13-14H2,1-6H3/t15-/m1/s1. The molecule has 0 spiro atoms. The molecule has 1 aliphatic rings. The third-order valence-electron chi connectivity index (χ3n) is 5.44. The highest BCUT2D eigenvalue weighted by molar-refractivity contribution is 6.09. The number of ether oxygens (including phenoxy) is 1. The second kappa shape index (κ2) is 7.47. The van der Waals surface area contributed by atoms with Gasteiger partial charge in [0.1, 0.15) is 11.5 Å². The lowest BCUT2D eigenvalue weighted by atomic mass is 9.79. The average molecular weight is 383 g/mol. The van der Waals surface area contributed by atoms with Crippen LogP contribution in [0.5, 0.6) is 11.5 Å². The molecule has 1 atom stereocenters. The van der Waals surface area contributed by atoms with Crippen LogP contribution in [0.3, 0.4) is 0 Å². The molecule has 1 aliphatic heterocycles. The molecule has 2 aromatic rings. The van der Waals surface area contributed by atoms with Gasteiger partial charge in [-0.25, -0.2) is 0 Å². The molecule has 5 nitrogen and oxygen atoms in total. The maximum Gasteiger partial charge on any atom is 0.262 e. The first-order chi connectivity index (χ1) is 13.2. The van der Waals surface area contributed by atoms with Crippen molar-refractivity contribution in [1.82, 2.24) is 4.90 Å². The summed E-state index contributed by atoms with van der Waals surface area (Å²) in [7, 11) is 5.50. The topological polar surface area (TPSA) is 53.0 Å². The molecule has 0 bridgehead atoms. The van der Waals surface area contributed by atoms with Crippen LogP contribution in [0.15, 0.2) is 36.4 Å². The van der Waals surface area contributed by atoms with Crippen molar-refractivity contribution in [3.8, 4) is 11.5 Å². The first-order valence-electron chi connectivity index (χ1n) is 9.64. The van der Waals surface area contributed by atoms with Crippen LogP contribution >= 0.6 is 0 Å². The van der Waals surface area contributed by atoms with Crippen LogP contribution in [-0.4, -0.2) is 42.7 Å². The molecule has 1 heterocycles. The number of carbonyl (C=O) groups is 1. The van der Waals surface area contributed by atoms with Gasteiger partial charge in [0.15, 0.2) is 0 Å². The van der Waals surface area contributed by atoms with Crippen LogP contribution in [0.4, 0.5) is 5.69 Å². The molecule has 0 aromatic heterocycles. The van der Waals surface area contributed by atoms with Gasteiger partial charge in [-0.2, -0.15) is 0 Å². The van der Waals surface area contributed by atoms with Crippen molar-refractivity contribution >= 4 is 11.6 Å². The maximum absolute atomic E-state index is 13.7. The van der Waals surface area contributed by atoms with E-state index < -0.39 is 0 Å². The van der Waals surface area contributed by atoms with Crippen molar-refractivity contribution in [3.63, 3.8) is 0 Å². The molecular weight excluding hydrogens is 352 g/mol. The Kier molecular flexibility index (Phi) is 5.39. The fourth-order valence-corrected chi connectivity index (χ4v) is 4.29. The number of carbonyl (C=O) groups excluding carboxylic acids is 1. The van der Waals surface area contributed by atoms with Gasteiger partial charge in [0.2, 0.25) is 0 Å². The van der Waals surface area contributed by atoms with Crippen molar-refractivity contribution in [2.24, 2.45) is 0 Å². The zero-order valence-electron chi connectivity index (χ0n) is 17.6. The van der Waals surface area contributed by atoms with E-state index in [1.807, 2.05) is 54.2 Å². The minimum atomic E-state index is -0.364. The monoisotopic (exact) mass is 382 g/mol. The summed E-state index contributed by atoms with van der Waals surface area (Å²) in [6.07, 6.45) is 0.813. The lowest BCUT2D eigenvalue weighted by Crippen LogP contribution is -2.51. The largest absolute Gasteiger partial charge is 0.508 e. The quantitative estimate of drug-likeness (QED) is 0.852. The molecule has 0 aliphatic carbocycles. The van der Waals surface area contributed by atoms with Gasteiger partial charge in [0.25, 0.3) is 5.91 Å². The summed E-state index contributed by atoms with van der Waals surface area (Å²) in [5.74, 6) is 1.00. The number of rotatable bonds is 4. The maximum atomic E-state index is 13.7. The van der Waals surface area contributed by atoms with Crippen molar-refractivity contribution in [1.29, 1.82) is 0 Å². The number of nitrogens with zero attached hydrogens (tertiary/aromatic N) is 2. The molecule has 0 fully saturated rings. The Morgan fingerprint density at radius 2 is 1.96 bits per heavy atom. The Bertz CT molecular complexity index is 889. The lowest BCUT2D eigenvalue weighted by molar-refractivity contribution is 0.0950. The number of amides is 1. The second-order valence-electron chi connectivity index (χ2n) is 8.54. The van der Waals surface area contributed by atoms with Crippen LogP contribution in [-0.2, 0) is 6.54 Å². The van der Waals surface area contributed by atoms with E-state index in [9.17, 15) is 9.90 Å². The molecule has 28 heavy (non-hydrogen) atoms. The fourth-order valence-electron chi connectivity index (χ4n) is 4.29. The van der Waals surface area contributed by atoms with Crippen LogP contribution < -0.4 is 9.64 Å². The van der Waals surface area contributed by atoms with Crippen LogP contribution in [0, 0.1) is 0 Å². The number of hydrogen-bond donors (Lipinski definition) is 1. The molecule has 0 radical (unpaired) electrons. The summed E-state index contributed by atoms with van der Waals surface area (Å²) in [5, 5.41) is 10.5. The van der Waals surface area contributed by atoms with E-state index >= 15 is 0 Å². The second-order valence-corrected chi connectivity index (χ2v) is 8.54. The van der Waals surface area contributed by atoms with Gasteiger partial charge in [-0.1, -0.05) is 19.1 Å². The Hall–Kier alpha value is -2.53. The third kappa shape index (κ3) is 3.59.